The number of nitrogens with one attached hydrogen (secondary N) is 1. The van der Waals surface area contributed by atoms with Gasteiger partial charge in [0.2, 0.25) is 0 Å². The number of hydrogen-bond donors (Lipinski definition) is 1. The van der Waals surface area contributed by atoms with Crippen LogP contribution in [0.2, 0.25) is 0 Å². The molecule has 26 heavy (non-hydrogen) atoms. The first-order chi connectivity index (χ1) is 12.6. The summed E-state index contributed by atoms with van der Waals surface area (Å²) < 4.78 is 5.19. The average molecular weight is 350 g/mol. The van der Waals surface area contributed by atoms with Crippen LogP contribution in [0.4, 0.5) is 16.2 Å². The Labute approximate surface area is 153 Å². The fraction of sp³-hybridized carbons (Fsp3) is 0.300. The van der Waals surface area contributed by atoms with Crippen molar-refractivity contribution < 1.29 is 9.53 Å². The first kappa shape index (κ1) is 17.6. The standard InChI is InChI=1S/C20H22N4O2/c1-15-13-18(26-2)7-8-19(15)22-20(25)24-11-9-23(10-12-24)17-5-3-16(14-21)4-6-17/h3-8,13H,9-12H2,1-2H3,(H,22,25). The molecule has 0 aliphatic carbocycles. The van der Waals surface area contributed by atoms with Gasteiger partial charge < -0.3 is 19.9 Å². The fourth-order valence-corrected chi connectivity index (χ4v) is 3.01. The molecule has 2 aromatic rings. The SMILES string of the molecule is COc1ccc(NC(=O)N2CCN(c3ccc(C#N)cc3)CC2)c(C)c1. The summed E-state index contributed by atoms with van der Waals surface area (Å²) in [6.45, 7) is 4.78. The predicted octanol–water partition coefficient (Wildman–Crippen LogP) is 3.23. The molecule has 2 aromatic carbocycles. The second-order valence-electron chi connectivity index (χ2n) is 6.24. The van der Waals surface area contributed by atoms with Crippen LogP contribution in [0.3, 0.4) is 0 Å². The molecule has 0 bridgehead atoms. The van der Waals surface area contributed by atoms with E-state index in [2.05, 4.69) is 16.3 Å². The smallest absolute Gasteiger partial charge is 0.321 e. The number of benzene rings is 2. The van der Waals surface area contributed by atoms with Gasteiger partial charge in [-0.25, -0.2) is 4.79 Å². The molecular formula is C20H22N4O2. The highest BCUT2D eigenvalue weighted by atomic mass is 16.5. The molecule has 1 saturated heterocycles. The molecule has 6 heteroatoms. The summed E-state index contributed by atoms with van der Waals surface area (Å²) >= 11 is 0. The third-order valence-electron chi connectivity index (χ3n) is 4.60. The molecule has 1 fully saturated rings. The van der Waals surface area contributed by atoms with Gasteiger partial charge in [0.15, 0.2) is 0 Å². The van der Waals surface area contributed by atoms with Crippen LogP contribution in [0.1, 0.15) is 11.1 Å². The highest BCUT2D eigenvalue weighted by Gasteiger charge is 2.21. The number of rotatable bonds is 3. The number of ether oxygens (including phenoxy) is 1. The molecule has 1 heterocycles. The van der Waals surface area contributed by atoms with Gasteiger partial charge in [-0.05, 0) is 55.0 Å². The van der Waals surface area contributed by atoms with Gasteiger partial charge in [-0.3, -0.25) is 0 Å². The summed E-state index contributed by atoms with van der Waals surface area (Å²) in [5, 5.41) is 11.9. The Morgan fingerprint density at radius 1 is 1.12 bits per heavy atom. The number of methoxy groups -OCH3 is 1. The van der Waals surface area contributed by atoms with E-state index in [-0.39, 0.29) is 6.03 Å². The zero-order chi connectivity index (χ0) is 18.5. The van der Waals surface area contributed by atoms with Crippen LogP contribution >= 0.6 is 0 Å². The van der Waals surface area contributed by atoms with Crippen LogP contribution < -0.4 is 15.0 Å². The van der Waals surface area contributed by atoms with Crippen molar-refractivity contribution in [3.8, 4) is 11.8 Å². The summed E-state index contributed by atoms with van der Waals surface area (Å²) in [5.41, 5.74) is 3.50. The number of carbonyl (C=O) groups excluding carboxylic acids is 1. The van der Waals surface area contributed by atoms with Crippen molar-refractivity contribution in [2.45, 2.75) is 6.92 Å². The fourth-order valence-electron chi connectivity index (χ4n) is 3.01. The van der Waals surface area contributed by atoms with Crippen molar-refractivity contribution in [1.29, 1.82) is 5.26 Å². The zero-order valence-electron chi connectivity index (χ0n) is 15.0. The normalized spacial score (nSPS) is 13.9. The molecule has 1 aliphatic rings. The molecule has 0 saturated carbocycles. The first-order valence-corrected chi connectivity index (χ1v) is 8.56. The third-order valence-corrected chi connectivity index (χ3v) is 4.60. The second kappa shape index (κ2) is 7.79. The van der Waals surface area contributed by atoms with Crippen molar-refractivity contribution in [2.75, 3.05) is 43.5 Å². The van der Waals surface area contributed by atoms with E-state index in [0.29, 0.717) is 18.7 Å². The summed E-state index contributed by atoms with van der Waals surface area (Å²) in [4.78, 5) is 16.6. The Morgan fingerprint density at radius 2 is 1.81 bits per heavy atom. The highest BCUT2D eigenvalue weighted by molar-refractivity contribution is 5.90. The van der Waals surface area contributed by atoms with E-state index >= 15 is 0 Å². The largest absolute Gasteiger partial charge is 0.497 e. The maximum absolute atomic E-state index is 12.5. The maximum Gasteiger partial charge on any atom is 0.321 e. The Balaban J connectivity index is 1.57. The summed E-state index contributed by atoms with van der Waals surface area (Å²) in [5.74, 6) is 0.775. The Morgan fingerprint density at radius 3 is 2.38 bits per heavy atom. The number of anilines is 2. The van der Waals surface area contributed by atoms with Gasteiger partial charge in [-0.1, -0.05) is 0 Å². The molecule has 2 amide bonds. The number of hydrogen-bond acceptors (Lipinski definition) is 4. The minimum absolute atomic E-state index is 0.0854. The van der Waals surface area contributed by atoms with Crippen LogP contribution in [0.5, 0.6) is 5.75 Å². The molecule has 134 valence electrons. The van der Waals surface area contributed by atoms with E-state index < -0.39 is 0 Å². The molecule has 3 rings (SSSR count). The molecular weight excluding hydrogens is 328 g/mol. The number of piperazine rings is 1. The Kier molecular flexibility index (Phi) is 5.28. The summed E-state index contributed by atoms with van der Waals surface area (Å²) in [7, 11) is 1.63. The van der Waals surface area contributed by atoms with Gasteiger partial charge in [0, 0.05) is 37.6 Å². The van der Waals surface area contributed by atoms with E-state index in [1.807, 2.05) is 54.3 Å². The van der Waals surface area contributed by atoms with E-state index in [4.69, 9.17) is 10.00 Å². The van der Waals surface area contributed by atoms with Crippen molar-refractivity contribution >= 4 is 17.4 Å². The number of amides is 2. The van der Waals surface area contributed by atoms with Gasteiger partial charge >= 0.3 is 6.03 Å². The van der Waals surface area contributed by atoms with Crippen molar-refractivity contribution in [1.82, 2.24) is 4.90 Å². The van der Waals surface area contributed by atoms with Crippen LogP contribution in [0.15, 0.2) is 42.5 Å². The minimum Gasteiger partial charge on any atom is -0.497 e. The maximum atomic E-state index is 12.5. The number of nitrogens with zero attached hydrogens (tertiary/aromatic N) is 3. The van der Waals surface area contributed by atoms with Crippen LogP contribution in [-0.4, -0.2) is 44.2 Å². The van der Waals surface area contributed by atoms with Crippen molar-refractivity contribution in [3.63, 3.8) is 0 Å². The topological polar surface area (TPSA) is 68.6 Å². The molecule has 1 N–H and O–H groups in total. The molecule has 0 aromatic heterocycles. The monoisotopic (exact) mass is 350 g/mol. The number of nitriles is 1. The average Bonchev–Trinajstić information content (AvgIpc) is 2.69. The molecule has 6 nitrogen and oxygen atoms in total. The van der Waals surface area contributed by atoms with E-state index in [9.17, 15) is 4.79 Å². The third kappa shape index (κ3) is 3.89. The number of carbonyl (C=O) groups is 1. The predicted molar refractivity (Wildman–Crippen MR) is 102 cm³/mol. The van der Waals surface area contributed by atoms with Gasteiger partial charge in [-0.2, -0.15) is 5.26 Å². The van der Waals surface area contributed by atoms with Crippen LogP contribution in [0, 0.1) is 18.3 Å². The highest BCUT2D eigenvalue weighted by Crippen LogP contribution is 2.22. The molecule has 0 unspecified atom stereocenters. The lowest BCUT2D eigenvalue weighted by Gasteiger charge is -2.36. The van der Waals surface area contributed by atoms with Crippen LogP contribution in [-0.2, 0) is 0 Å². The van der Waals surface area contributed by atoms with Crippen molar-refractivity contribution in [3.05, 3.63) is 53.6 Å². The minimum atomic E-state index is -0.0854. The lowest BCUT2D eigenvalue weighted by atomic mass is 10.2. The van der Waals surface area contributed by atoms with Crippen molar-refractivity contribution in [2.24, 2.45) is 0 Å². The second-order valence-corrected chi connectivity index (χ2v) is 6.24. The Hall–Kier alpha value is -3.20. The first-order valence-electron chi connectivity index (χ1n) is 8.56. The van der Waals surface area contributed by atoms with Gasteiger partial charge in [0.25, 0.3) is 0 Å². The van der Waals surface area contributed by atoms with Gasteiger partial charge in [-0.15, -0.1) is 0 Å². The quantitative estimate of drug-likeness (QED) is 0.923. The zero-order valence-corrected chi connectivity index (χ0v) is 15.0. The summed E-state index contributed by atoms with van der Waals surface area (Å²) in [6, 6.07) is 15.2. The molecule has 0 radical (unpaired) electrons. The number of aryl methyl sites for hydroxylation is 1. The molecule has 0 spiro atoms. The lowest BCUT2D eigenvalue weighted by molar-refractivity contribution is 0.208. The van der Waals surface area contributed by atoms with Gasteiger partial charge in [0.05, 0.1) is 18.7 Å². The lowest BCUT2D eigenvalue weighted by Crippen LogP contribution is -2.50. The molecule has 0 atom stereocenters. The molecule has 1 aliphatic heterocycles. The summed E-state index contributed by atoms with van der Waals surface area (Å²) in [6.07, 6.45) is 0. The van der Waals surface area contributed by atoms with E-state index in [0.717, 1.165) is 35.8 Å². The van der Waals surface area contributed by atoms with E-state index in [1.165, 1.54) is 0 Å². The number of urea groups is 1. The van der Waals surface area contributed by atoms with Gasteiger partial charge in [0.1, 0.15) is 5.75 Å². The Bertz CT molecular complexity index is 819. The van der Waals surface area contributed by atoms with Crippen LogP contribution in [0.25, 0.3) is 0 Å². The van der Waals surface area contributed by atoms with E-state index in [1.54, 1.807) is 7.11 Å².